The summed E-state index contributed by atoms with van der Waals surface area (Å²) in [5.41, 5.74) is 3.76. The third-order valence-corrected chi connectivity index (χ3v) is 6.00. The largest absolute Gasteiger partial charge is 0.488 e. The van der Waals surface area contributed by atoms with Crippen LogP contribution in [0.2, 0.25) is 0 Å². The molecule has 4 rings (SSSR count). The van der Waals surface area contributed by atoms with Crippen molar-refractivity contribution in [1.29, 1.82) is 0 Å². The number of hydrogen-bond donors (Lipinski definition) is 0. The highest BCUT2D eigenvalue weighted by Gasteiger charge is 2.29. The van der Waals surface area contributed by atoms with Crippen LogP contribution in [0.1, 0.15) is 74.4 Å². The average Bonchev–Trinajstić information content (AvgIpc) is 3.31. The normalized spacial score (nSPS) is 13.5. The summed E-state index contributed by atoms with van der Waals surface area (Å²) in [6, 6.07) is 8.16. The number of aromatic nitrogens is 2. The van der Waals surface area contributed by atoms with Gasteiger partial charge in [-0.3, -0.25) is 10.1 Å². The number of methoxy groups -OCH3 is 1. The van der Waals surface area contributed by atoms with Gasteiger partial charge < -0.3 is 14.0 Å². The highest BCUT2D eigenvalue weighted by atomic mass is 16.6. The van der Waals surface area contributed by atoms with Crippen molar-refractivity contribution < 1.29 is 23.7 Å². The van der Waals surface area contributed by atoms with Gasteiger partial charge in [0, 0.05) is 34.4 Å². The minimum absolute atomic E-state index is 0.0139. The summed E-state index contributed by atoms with van der Waals surface area (Å²) < 4.78 is 16.3. The van der Waals surface area contributed by atoms with E-state index in [1.54, 1.807) is 0 Å². The number of nitro groups is 1. The van der Waals surface area contributed by atoms with Crippen LogP contribution in [-0.4, -0.2) is 34.7 Å². The summed E-state index contributed by atoms with van der Waals surface area (Å²) in [5.74, 6) is 0.484. The quantitative estimate of drug-likeness (QED) is 0.249. The molecule has 0 saturated carbocycles. The summed E-state index contributed by atoms with van der Waals surface area (Å²) in [6.07, 6.45) is 1.99. The van der Waals surface area contributed by atoms with Crippen molar-refractivity contribution in [3.05, 3.63) is 68.5 Å². The molecule has 9 nitrogen and oxygen atoms in total. The van der Waals surface area contributed by atoms with E-state index in [1.165, 1.54) is 24.8 Å². The predicted molar refractivity (Wildman–Crippen MR) is 135 cm³/mol. The van der Waals surface area contributed by atoms with E-state index >= 15 is 0 Å². The maximum absolute atomic E-state index is 12.0. The second-order valence-electron chi connectivity index (χ2n) is 10.8. The van der Waals surface area contributed by atoms with E-state index in [4.69, 9.17) is 14.0 Å². The van der Waals surface area contributed by atoms with E-state index in [9.17, 15) is 14.9 Å². The van der Waals surface area contributed by atoms with Crippen molar-refractivity contribution in [1.82, 2.24) is 10.1 Å². The van der Waals surface area contributed by atoms with Crippen molar-refractivity contribution in [2.24, 2.45) is 0 Å². The van der Waals surface area contributed by atoms with Crippen molar-refractivity contribution in [3.63, 3.8) is 0 Å². The first-order valence-corrected chi connectivity index (χ1v) is 11.5. The SMILES string of the molecule is COC(=O)c1cc(-c2nc(C3=Cc4cc(C(C)(C)C)cc(C(C)(C)C)c4OC3)no2)cc([N+](=O)[O-])c1. The fourth-order valence-corrected chi connectivity index (χ4v) is 3.97. The summed E-state index contributed by atoms with van der Waals surface area (Å²) >= 11 is 0. The third kappa shape index (κ3) is 4.86. The maximum Gasteiger partial charge on any atom is 0.338 e. The smallest absolute Gasteiger partial charge is 0.338 e. The number of nitrogens with zero attached hydrogens (tertiary/aromatic N) is 3. The monoisotopic (exact) mass is 491 g/mol. The van der Waals surface area contributed by atoms with Crippen molar-refractivity contribution in [2.45, 2.75) is 52.4 Å². The Morgan fingerprint density at radius 1 is 1.06 bits per heavy atom. The topological polar surface area (TPSA) is 118 Å². The molecule has 1 aromatic heterocycles. The van der Waals surface area contributed by atoms with E-state index in [1.807, 2.05) is 6.08 Å². The summed E-state index contributed by atoms with van der Waals surface area (Å²) in [7, 11) is 1.20. The summed E-state index contributed by atoms with van der Waals surface area (Å²) in [6.45, 7) is 13.2. The highest BCUT2D eigenvalue weighted by molar-refractivity contribution is 5.92. The van der Waals surface area contributed by atoms with Crippen LogP contribution in [0.5, 0.6) is 5.75 Å². The fraction of sp³-hybridized carbons (Fsp3) is 0.370. The minimum Gasteiger partial charge on any atom is -0.488 e. The van der Waals surface area contributed by atoms with Crippen LogP contribution < -0.4 is 4.74 Å². The summed E-state index contributed by atoms with van der Waals surface area (Å²) in [4.78, 5) is 27.2. The van der Waals surface area contributed by atoms with Gasteiger partial charge >= 0.3 is 5.97 Å². The second-order valence-corrected chi connectivity index (χ2v) is 10.8. The van der Waals surface area contributed by atoms with Crippen LogP contribution in [0.15, 0.2) is 34.9 Å². The molecule has 2 aromatic carbocycles. The molecule has 2 heterocycles. The Labute approximate surface area is 209 Å². The van der Waals surface area contributed by atoms with Gasteiger partial charge in [0.1, 0.15) is 12.4 Å². The molecule has 0 unspecified atom stereocenters. The Hall–Kier alpha value is -4.01. The standard InChI is InChI=1S/C27H29N3O6/c1-26(2,3)19-10-15-8-18(14-35-22(15)21(13-19)27(4,5)6)23-28-24(36-29-23)16-9-17(25(31)34-7)12-20(11-16)30(32)33/h8-13H,14H2,1-7H3. The Morgan fingerprint density at radius 3 is 2.39 bits per heavy atom. The van der Waals surface area contributed by atoms with Gasteiger partial charge in [-0.2, -0.15) is 4.98 Å². The van der Waals surface area contributed by atoms with E-state index < -0.39 is 10.9 Å². The predicted octanol–water partition coefficient (Wildman–Crippen LogP) is 5.96. The lowest BCUT2D eigenvalue weighted by Crippen LogP contribution is -2.20. The van der Waals surface area contributed by atoms with Gasteiger partial charge in [0.2, 0.25) is 5.82 Å². The zero-order valence-corrected chi connectivity index (χ0v) is 21.5. The molecule has 0 radical (unpaired) electrons. The molecular weight excluding hydrogens is 462 g/mol. The molecule has 0 fully saturated rings. The van der Waals surface area contributed by atoms with Gasteiger partial charge in [-0.25, -0.2) is 4.79 Å². The molecule has 0 N–H and O–H groups in total. The number of non-ortho nitro benzene ring substituents is 1. The molecule has 0 saturated heterocycles. The Kier molecular flexibility index (Phi) is 6.20. The van der Waals surface area contributed by atoms with Gasteiger partial charge in [0.05, 0.1) is 17.6 Å². The number of rotatable bonds is 4. The average molecular weight is 492 g/mol. The lowest BCUT2D eigenvalue weighted by atomic mass is 9.78. The van der Waals surface area contributed by atoms with Crippen LogP contribution in [0.4, 0.5) is 5.69 Å². The van der Waals surface area contributed by atoms with Crippen LogP contribution in [0.25, 0.3) is 23.1 Å². The first kappa shape index (κ1) is 25.1. The van der Waals surface area contributed by atoms with Gasteiger partial charge in [-0.1, -0.05) is 52.8 Å². The van der Waals surface area contributed by atoms with E-state index in [0.29, 0.717) is 11.4 Å². The number of fused-ring (bicyclic) bond motifs is 1. The number of esters is 1. The molecule has 3 aromatic rings. The molecule has 0 atom stereocenters. The number of benzene rings is 2. The highest BCUT2D eigenvalue weighted by Crippen LogP contribution is 2.42. The van der Waals surface area contributed by atoms with Crippen LogP contribution >= 0.6 is 0 Å². The number of carbonyl (C=O) groups excluding carboxylic acids is 1. The molecule has 36 heavy (non-hydrogen) atoms. The number of hydrogen-bond acceptors (Lipinski definition) is 8. The van der Waals surface area contributed by atoms with Gasteiger partial charge in [0.25, 0.3) is 11.6 Å². The second kappa shape index (κ2) is 8.89. The molecule has 9 heteroatoms. The van der Waals surface area contributed by atoms with Crippen molar-refractivity contribution >= 4 is 23.3 Å². The molecule has 1 aliphatic heterocycles. The zero-order chi connectivity index (χ0) is 26.4. The Balaban J connectivity index is 1.77. The van der Waals surface area contributed by atoms with E-state index in [0.717, 1.165) is 22.9 Å². The molecule has 188 valence electrons. The van der Waals surface area contributed by atoms with E-state index in [-0.39, 0.29) is 40.1 Å². The number of carbonyl (C=O) groups is 1. The Bertz CT molecular complexity index is 1390. The molecule has 0 bridgehead atoms. The molecule has 0 amide bonds. The first-order chi connectivity index (χ1) is 16.8. The lowest BCUT2D eigenvalue weighted by molar-refractivity contribution is -0.384. The minimum atomic E-state index is -0.705. The summed E-state index contributed by atoms with van der Waals surface area (Å²) in [5, 5.41) is 15.5. The Morgan fingerprint density at radius 2 is 1.78 bits per heavy atom. The molecule has 1 aliphatic rings. The van der Waals surface area contributed by atoms with Crippen molar-refractivity contribution in [2.75, 3.05) is 13.7 Å². The van der Waals surface area contributed by atoms with E-state index in [2.05, 4.69) is 63.8 Å². The van der Waals surface area contributed by atoms with Crippen LogP contribution in [-0.2, 0) is 15.6 Å². The molecular formula is C27H29N3O6. The molecule has 0 aliphatic carbocycles. The first-order valence-electron chi connectivity index (χ1n) is 11.5. The van der Waals surface area contributed by atoms with Gasteiger partial charge in [-0.05, 0) is 34.6 Å². The van der Waals surface area contributed by atoms with Crippen LogP contribution in [0, 0.1) is 10.1 Å². The third-order valence-electron chi connectivity index (χ3n) is 6.00. The maximum atomic E-state index is 12.0. The van der Waals surface area contributed by atoms with Gasteiger partial charge in [-0.15, -0.1) is 0 Å². The zero-order valence-electron chi connectivity index (χ0n) is 21.5. The van der Waals surface area contributed by atoms with Gasteiger partial charge in [0.15, 0.2) is 0 Å². The number of ether oxygens (including phenoxy) is 2. The van der Waals surface area contributed by atoms with Crippen molar-refractivity contribution in [3.8, 4) is 17.2 Å². The number of nitro benzene ring substituents is 1. The molecule has 0 spiro atoms. The van der Waals surface area contributed by atoms with Crippen LogP contribution in [0.3, 0.4) is 0 Å². The lowest BCUT2D eigenvalue weighted by Gasteiger charge is -2.30. The fourth-order valence-electron chi connectivity index (χ4n) is 3.97.